The van der Waals surface area contributed by atoms with Gasteiger partial charge in [0.1, 0.15) is 0 Å². The molecule has 0 radical (unpaired) electrons. The van der Waals surface area contributed by atoms with Crippen LogP contribution in [0.4, 0.5) is 0 Å². The third-order valence-electron chi connectivity index (χ3n) is 2.69. The highest BCUT2D eigenvalue weighted by atomic mass is 16.7. The first-order valence-corrected chi connectivity index (χ1v) is 6.39. The monoisotopic (exact) mass is 255 g/mol. The lowest BCUT2D eigenvalue weighted by Gasteiger charge is -2.22. The van der Waals surface area contributed by atoms with Crippen molar-refractivity contribution in [2.45, 2.75) is 39.7 Å². The number of hydrogen-bond acceptors (Lipinski definition) is 4. The lowest BCUT2D eigenvalue weighted by atomic mass is 10.2. The van der Waals surface area contributed by atoms with Gasteiger partial charge in [0.15, 0.2) is 5.78 Å². The minimum atomic E-state index is -1.07. The summed E-state index contributed by atoms with van der Waals surface area (Å²) in [4.78, 5) is 25.3. The highest BCUT2D eigenvalue weighted by molar-refractivity contribution is 6.03. The van der Waals surface area contributed by atoms with E-state index in [-0.39, 0.29) is 17.6 Å². The van der Waals surface area contributed by atoms with Gasteiger partial charge >= 0.3 is 0 Å². The summed E-state index contributed by atoms with van der Waals surface area (Å²) < 4.78 is 10.6. The number of carbonyl (C=O) groups is 2. The molecule has 0 saturated carbocycles. The quantitative estimate of drug-likeness (QED) is 0.675. The molecule has 0 aromatic carbocycles. The predicted octanol–water partition coefficient (Wildman–Crippen LogP) is 1.48. The van der Waals surface area contributed by atoms with E-state index in [1.165, 1.54) is 6.92 Å². The Balaban J connectivity index is 2.81. The molecule has 0 saturated heterocycles. The second-order valence-corrected chi connectivity index (χ2v) is 4.20. The molecule has 1 atom stereocenters. The summed E-state index contributed by atoms with van der Waals surface area (Å²) in [5.41, 5.74) is 0. The lowest BCUT2D eigenvalue weighted by molar-refractivity contribution is -0.149. The molecule has 5 heteroatoms. The molecule has 1 aliphatic rings. The minimum absolute atomic E-state index is 0.269. The highest BCUT2D eigenvalue weighted by Crippen LogP contribution is 2.14. The summed E-state index contributed by atoms with van der Waals surface area (Å²) in [6.45, 7) is 6.75. The van der Waals surface area contributed by atoms with E-state index < -0.39 is 6.10 Å². The van der Waals surface area contributed by atoms with Crippen LogP contribution >= 0.6 is 0 Å². The summed E-state index contributed by atoms with van der Waals surface area (Å²) in [5, 5.41) is 0. The molecular weight excluding hydrogens is 234 g/mol. The van der Waals surface area contributed by atoms with Crippen molar-refractivity contribution in [3.05, 3.63) is 12.0 Å². The van der Waals surface area contributed by atoms with Crippen LogP contribution < -0.4 is 0 Å². The van der Waals surface area contributed by atoms with Gasteiger partial charge in [0.25, 0.3) is 11.9 Å². The second kappa shape index (κ2) is 7.03. The number of nitrogens with zero attached hydrogens (tertiary/aromatic N) is 1. The van der Waals surface area contributed by atoms with Gasteiger partial charge in [-0.15, -0.1) is 0 Å². The number of ketones is 1. The molecular formula is C13H21NO4. The predicted molar refractivity (Wildman–Crippen MR) is 66.8 cm³/mol. The Labute approximate surface area is 108 Å². The van der Waals surface area contributed by atoms with Crippen LogP contribution in [0.1, 0.15) is 33.6 Å². The summed E-state index contributed by atoms with van der Waals surface area (Å²) in [6.07, 6.45) is 2.55. The van der Waals surface area contributed by atoms with Gasteiger partial charge in [-0.25, -0.2) is 0 Å². The van der Waals surface area contributed by atoms with Crippen molar-refractivity contribution in [3.63, 3.8) is 0 Å². The number of Topliss-reactive ketones (excluding diaryl/α,β-unsaturated/α-hetero) is 1. The Hall–Kier alpha value is -1.52. The van der Waals surface area contributed by atoms with Crippen molar-refractivity contribution in [2.75, 3.05) is 19.7 Å². The lowest BCUT2D eigenvalue weighted by Crippen LogP contribution is -2.42. The molecule has 1 aliphatic heterocycles. The van der Waals surface area contributed by atoms with Gasteiger partial charge in [-0.1, -0.05) is 13.3 Å². The Morgan fingerprint density at radius 1 is 1.56 bits per heavy atom. The van der Waals surface area contributed by atoms with E-state index in [1.807, 2.05) is 6.92 Å². The topological polar surface area (TPSA) is 55.8 Å². The molecule has 0 N–H and O–H groups in total. The summed E-state index contributed by atoms with van der Waals surface area (Å²) in [6, 6.07) is 0. The standard InChI is InChI=1S/C13H21NO4/c1-4-6-8-14-9-7-11(17-5-2)18-12(10(3)15)13(14)16/h7,12H,4-6,8-9H2,1-3H3/t12-/m1/s1. The van der Waals surface area contributed by atoms with Crippen molar-refractivity contribution in [1.29, 1.82) is 0 Å². The van der Waals surface area contributed by atoms with Gasteiger partial charge in [-0.3, -0.25) is 9.59 Å². The molecule has 1 rings (SSSR count). The first-order valence-electron chi connectivity index (χ1n) is 6.39. The van der Waals surface area contributed by atoms with E-state index in [1.54, 1.807) is 11.0 Å². The average molecular weight is 255 g/mol. The fourth-order valence-electron chi connectivity index (χ4n) is 1.70. The zero-order chi connectivity index (χ0) is 13.5. The van der Waals surface area contributed by atoms with Crippen molar-refractivity contribution in [3.8, 4) is 0 Å². The number of ether oxygens (including phenoxy) is 2. The average Bonchev–Trinajstić information content (AvgIpc) is 2.48. The van der Waals surface area contributed by atoms with Crippen LogP contribution in [-0.2, 0) is 19.1 Å². The van der Waals surface area contributed by atoms with E-state index in [9.17, 15) is 9.59 Å². The van der Waals surface area contributed by atoms with Crippen LogP contribution in [0.25, 0.3) is 0 Å². The normalized spacial score (nSPS) is 19.9. The molecule has 0 aromatic heterocycles. The molecule has 18 heavy (non-hydrogen) atoms. The van der Waals surface area contributed by atoms with Crippen molar-refractivity contribution < 1.29 is 19.1 Å². The van der Waals surface area contributed by atoms with Crippen LogP contribution in [0, 0.1) is 0 Å². The number of amides is 1. The van der Waals surface area contributed by atoms with E-state index in [0.717, 1.165) is 12.8 Å². The van der Waals surface area contributed by atoms with E-state index >= 15 is 0 Å². The number of carbonyl (C=O) groups excluding carboxylic acids is 2. The fraction of sp³-hybridized carbons (Fsp3) is 0.692. The molecule has 0 bridgehead atoms. The Bertz CT molecular complexity index is 338. The highest BCUT2D eigenvalue weighted by Gasteiger charge is 2.32. The first-order chi connectivity index (χ1) is 8.60. The van der Waals surface area contributed by atoms with Crippen molar-refractivity contribution in [1.82, 2.24) is 4.90 Å². The molecule has 1 amide bonds. The van der Waals surface area contributed by atoms with Crippen LogP contribution in [-0.4, -0.2) is 42.4 Å². The SMILES string of the molecule is CCCCN1CC=C(OCC)O[C@H](C(C)=O)C1=O. The van der Waals surface area contributed by atoms with Gasteiger partial charge in [0.05, 0.1) is 6.61 Å². The molecule has 0 unspecified atom stereocenters. The largest absolute Gasteiger partial charge is 0.466 e. The molecule has 0 aromatic rings. The van der Waals surface area contributed by atoms with Gasteiger partial charge in [-0.05, 0) is 20.3 Å². The van der Waals surface area contributed by atoms with E-state index in [4.69, 9.17) is 9.47 Å². The minimum Gasteiger partial charge on any atom is -0.466 e. The zero-order valence-electron chi connectivity index (χ0n) is 11.3. The number of unbranched alkanes of at least 4 members (excludes halogenated alkanes) is 1. The zero-order valence-corrected chi connectivity index (χ0v) is 11.3. The van der Waals surface area contributed by atoms with Gasteiger partial charge in [0, 0.05) is 19.2 Å². The molecule has 102 valence electrons. The summed E-state index contributed by atoms with van der Waals surface area (Å²) in [7, 11) is 0. The Morgan fingerprint density at radius 3 is 2.83 bits per heavy atom. The number of hydrogen-bond donors (Lipinski definition) is 0. The molecule has 5 nitrogen and oxygen atoms in total. The third kappa shape index (κ3) is 3.75. The molecule has 0 aliphatic carbocycles. The third-order valence-corrected chi connectivity index (χ3v) is 2.69. The smallest absolute Gasteiger partial charge is 0.277 e. The van der Waals surface area contributed by atoms with Gasteiger partial charge in [0.2, 0.25) is 6.10 Å². The Morgan fingerprint density at radius 2 is 2.28 bits per heavy atom. The van der Waals surface area contributed by atoms with Gasteiger partial charge < -0.3 is 14.4 Å². The fourth-order valence-corrected chi connectivity index (χ4v) is 1.70. The van der Waals surface area contributed by atoms with Crippen LogP contribution in [0.15, 0.2) is 12.0 Å². The summed E-state index contributed by atoms with van der Waals surface area (Å²) in [5.74, 6) is -0.305. The van der Waals surface area contributed by atoms with Crippen LogP contribution in [0.3, 0.4) is 0 Å². The maximum atomic E-state index is 12.1. The van der Waals surface area contributed by atoms with Crippen molar-refractivity contribution in [2.24, 2.45) is 0 Å². The second-order valence-electron chi connectivity index (χ2n) is 4.20. The maximum Gasteiger partial charge on any atom is 0.277 e. The number of rotatable bonds is 6. The van der Waals surface area contributed by atoms with Crippen molar-refractivity contribution >= 4 is 11.7 Å². The molecule has 0 spiro atoms. The van der Waals surface area contributed by atoms with Gasteiger partial charge in [-0.2, -0.15) is 0 Å². The van der Waals surface area contributed by atoms with Crippen LogP contribution in [0.5, 0.6) is 0 Å². The summed E-state index contributed by atoms with van der Waals surface area (Å²) >= 11 is 0. The van der Waals surface area contributed by atoms with E-state index in [2.05, 4.69) is 6.92 Å². The van der Waals surface area contributed by atoms with E-state index in [0.29, 0.717) is 19.7 Å². The first kappa shape index (κ1) is 14.5. The Kier molecular flexibility index (Phi) is 5.68. The maximum absolute atomic E-state index is 12.1. The van der Waals surface area contributed by atoms with Crippen LogP contribution in [0.2, 0.25) is 0 Å². The molecule has 0 fully saturated rings. The molecule has 1 heterocycles.